The molecule has 2 heterocycles. The van der Waals surface area contributed by atoms with E-state index in [1.165, 1.54) is 32.1 Å². The molecule has 2 atom stereocenters. The van der Waals surface area contributed by atoms with Crippen LogP contribution in [-0.4, -0.2) is 49.2 Å². The third-order valence-corrected chi connectivity index (χ3v) is 4.32. The van der Waals surface area contributed by atoms with Crippen LogP contribution < -0.4 is 5.32 Å². The molecule has 1 amide bonds. The Kier molecular flexibility index (Phi) is 6.11. The predicted octanol–water partition coefficient (Wildman–Crippen LogP) is 1.94. The molecular weight excluding hydrogens is 240 g/mol. The van der Waals surface area contributed by atoms with Gasteiger partial charge in [-0.15, -0.1) is 0 Å². The van der Waals surface area contributed by atoms with Gasteiger partial charge in [-0.3, -0.25) is 4.79 Å². The van der Waals surface area contributed by atoms with Crippen LogP contribution in [-0.2, 0) is 9.53 Å². The third-order valence-electron chi connectivity index (χ3n) is 4.32. The van der Waals surface area contributed by atoms with Gasteiger partial charge in [0, 0.05) is 38.3 Å². The number of carbonyl (C=O) groups is 1. The largest absolute Gasteiger partial charge is 0.382 e. The van der Waals surface area contributed by atoms with Crippen molar-refractivity contribution in [2.24, 2.45) is 0 Å². The number of hydrogen-bond donors (Lipinski definition) is 1. The molecule has 2 rings (SSSR count). The van der Waals surface area contributed by atoms with Crippen LogP contribution in [0.3, 0.4) is 0 Å². The molecule has 0 aromatic rings. The van der Waals surface area contributed by atoms with E-state index < -0.39 is 0 Å². The van der Waals surface area contributed by atoms with E-state index in [2.05, 4.69) is 10.2 Å². The van der Waals surface area contributed by atoms with Gasteiger partial charge in [0.15, 0.2) is 0 Å². The molecule has 0 aliphatic carbocycles. The summed E-state index contributed by atoms with van der Waals surface area (Å²) in [7, 11) is 0. The van der Waals surface area contributed by atoms with Crippen molar-refractivity contribution < 1.29 is 9.53 Å². The van der Waals surface area contributed by atoms with E-state index in [-0.39, 0.29) is 0 Å². The Morgan fingerprint density at radius 1 is 1.32 bits per heavy atom. The number of likely N-dealkylation sites (tertiary alicyclic amines) is 1. The van der Waals surface area contributed by atoms with Gasteiger partial charge in [-0.05, 0) is 52.0 Å². The Bertz CT molecular complexity index is 277. The van der Waals surface area contributed by atoms with E-state index in [0.717, 1.165) is 26.1 Å². The van der Waals surface area contributed by atoms with E-state index in [1.54, 1.807) is 0 Å². The number of piperidine rings is 1. The molecule has 0 bridgehead atoms. The van der Waals surface area contributed by atoms with Crippen molar-refractivity contribution in [3.8, 4) is 0 Å². The van der Waals surface area contributed by atoms with Gasteiger partial charge in [0.2, 0.25) is 5.91 Å². The molecule has 0 spiro atoms. The zero-order chi connectivity index (χ0) is 13.5. The molecule has 4 nitrogen and oxygen atoms in total. The number of ether oxygens (including phenoxy) is 1. The molecule has 19 heavy (non-hydrogen) atoms. The molecule has 2 fully saturated rings. The lowest BCUT2D eigenvalue weighted by Gasteiger charge is -2.39. The van der Waals surface area contributed by atoms with Crippen LogP contribution in [0.4, 0.5) is 0 Å². The van der Waals surface area contributed by atoms with Crippen LogP contribution in [0.2, 0.25) is 0 Å². The fourth-order valence-corrected chi connectivity index (χ4v) is 3.34. The molecule has 4 heteroatoms. The van der Waals surface area contributed by atoms with E-state index in [9.17, 15) is 4.79 Å². The second-order valence-electron chi connectivity index (χ2n) is 5.65. The highest BCUT2D eigenvalue weighted by Crippen LogP contribution is 2.25. The molecule has 0 aromatic carbocycles. The van der Waals surface area contributed by atoms with Gasteiger partial charge in [0.05, 0.1) is 0 Å². The maximum Gasteiger partial charge on any atom is 0.222 e. The molecule has 110 valence electrons. The topological polar surface area (TPSA) is 41.6 Å². The van der Waals surface area contributed by atoms with E-state index in [1.807, 2.05) is 6.92 Å². The highest BCUT2D eigenvalue weighted by molar-refractivity contribution is 5.76. The number of nitrogens with one attached hydrogen (secondary N) is 1. The van der Waals surface area contributed by atoms with Gasteiger partial charge in [-0.2, -0.15) is 0 Å². The molecule has 2 saturated heterocycles. The monoisotopic (exact) mass is 268 g/mol. The third kappa shape index (κ3) is 4.18. The van der Waals surface area contributed by atoms with Crippen LogP contribution in [0.25, 0.3) is 0 Å². The minimum absolute atomic E-state index is 0.332. The molecule has 2 unspecified atom stereocenters. The van der Waals surface area contributed by atoms with Crippen molar-refractivity contribution in [2.75, 3.05) is 26.3 Å². The van der Waals surface area contributed by atoms with Crippen molar-refractivity contribution in [3.05, 3.63) is 0 Å². The first-order valence-electron chi connectivity index (χ1n) is 7.93. The van der Waals surface area contributed by atoms with Crippen LogP contribution in [0.5, 0.6) is 0 Å². The molecule has 0 aromatic heterocycles. The van der Waals surface area contributed by atoms with Crippen LogP contribution in [0.1, 0.15) is 51.9 Å². The second-order valence-corrected chi connectivity index (χ2v) is 5.65. The summed E-state index contributed by atoms with van der Waals surface area (Å²) in [6, 6.07) is 0.979. The van der Waals surface area contributed by atoms with Crippen molar-refractivity contribution in [1.29, 1.82) is 0 Å². The Hall–Kier alpha value is -0.610. The molecule has 0 radical (unpaired) electrons. The first-order valence-corrected chi connectivity index (χ1v) is 7.93. The zero-order valence-electron chi connectivity index (χ0n) is 12.2. The average Bonchev–Trinajstić information content (AvgIpc) is 2.97. The van der Waals surface area contributed by atoms with E-state index in [4.69, 9.17) is 4.74 Å². The summed E-state index contributed by atoms with van der Waals surface area (Å²) < 4.78 is 5.31. The van der Waals surface area contributed by atoms with Crippen molar-refractivity contribution >= 4 is 5.91 Å². The maximum absolute atomic E-state index is 12.4. The fourth-order valence-electron chi connectivity index (χ4n) is 3.34. The summed E-state index contributed by atoms with van der Waals surface area (Å²) in [6.45, 7) is 5.52. The Morgan fingerprint density at radius 3 is 2.95 bits per heavy atom. The Labute approximate surface area is 116 Å². The first kappa shape index (κ1) is 14.8. The zero-order valence-corrected chi connectivity index (χ0v) is 12.2. The quantitative estimate of drug-likeness (QED) is 0.749. The highest BCUT2D eigenvalue weighted by atomic mass is 16.5. The Balaban J connectivity index is 1.82. The number of nitrogens with zero attached hydrogens (tertiary/aromatic N) is 1. The summed E-state index contributed by atoms with van der Waals surface area (Å²) in [4.78, 5) is 14.5. The molecule has 1 N–H and O–H groups in total. The minimum Gasteiger partial charge on any atom is -0.382 e. The fraction of sp³-hybridized carbons (Fsp3) is 0.933. The van der Waals surface area contributed by atoms with E-state index >= 15 is 0 Å². The maximum atomic E-state index is 12.4. The first-order chi connectivity index (χ1) is 9.33. The summed E-state index contributed by atoms with van der Waals surface area (Å²) >= 11 is 0. The van der Waals surface area contributed by atoms with Gasteiger partial charge < -0.3 is 15.0 Å². The predicted molar refractivity (Wildman–Crippen MR) is 76.1 cm³/mol. The number of hydrogen-bond acceptors (Lipinski definition) is 3. The van der Waals surface area contributed by atoms with Gasteiger partial charge in [0.1, 0.15) is 0 Å². The van der Waals surface area contributed by atoms with Crippen molar-refractivity contribution in [3.63, 3.8) is 0 Å². The second kappa shape index (κ2) is 7.85. The highest BCUT2D eigenvalue weighted by Gasteiger charge is 2.33. The lowest BCUT2D eigenvalue weighted by atomic mass is 9.94. The molecular formula is C15H28N2O2. The lowest BCUT2D eigenvalue weighted by Crippen LogP contribution is -2.52. The average molecular weight is 268 g/mol. The molecule has 0 saturated carbocycles. The van der Waals surface area contributed by atoms with Crippen LogP contribution >= 0.6 is 0 Å². The number of carbonyl (C=O) groups excluding carboxylic acids is 1. The Morgan fingerprint density at radius 2 is 2.21 bits per heavy atom. The summed E-state index contributed by atoms with van der Waals surface area (Å²) in [5.41, 5.74) is 0. The van der Waals surface area contributed by atoms with Crippen molar-refractivity contribution in [1.82, 2.24) is 10.2 Å². The minimum atomic E-state index is 0.332. The summed E-state index contributed by atoms with van der Waals surface area (Å²) in [6.07, 6.45) is 7.60. The van der Waals surface area contributed by atoms with Crippen molar-refractivity contribution in [2.45, 2.75) is 64.0 Å². The molecule has 2 aliphatic rings. The smallest absolute Gasteiger partial charge is 0.222 e. The van der Waals surface area contributed by atoms with Gasteiger partial charge in [-0.1, -0.05) is 0 Å². The van der Waals surface area contributed by atoms with E-state index in [0.29, 0.717) is 31.0 Å². The summed E-state index contributed by atoms with van der Waals surface area (Å²) in [5, 5.41) is 3.57. The number of amides is 1. The van der Waals surface area contributed by atoms with Crippen LogP contribution in [0.15, 0.2) is 0 Å². The lowest BCUT2D eigenvalue weighted by molar-refractivity contribution is -0.135. The van der Waals surface area contributed by atoms with Crippen LogP contribution in [0, 0.1) is 0 Å². The molecule has 2 aliphatic heterocycles. The van der Waals surface area contributed by atoms with Gasteiger partial charge >= 0.3 is 0 Å². The SMILES string of the molecule is CCOCCCC(=O)N1CCCCC1C1CCCN1. The standard InChI is InChI=1S/C15H28N2O2/c1-2-19-12-6-9-15(18)17-11-4-3-8-14(17)13-7-5-10-16-13/h13-14,16H,2-12H2,1H3. The van der Waals surface area contributed by atoms with Gasteiger partial charge in [-0.25, -0.2) is 0 Å². The summed E-state index contributed by atoms with van der Waals surface area (Å²) in [5.74, 6) is 0.332. The number of rotatable bonds is 6. The van der Waals surface area contributed by atoms with Gasteiger partial charge in [0.25, 0.3) is 0 Å². The normalized spacial score (nSPS) is 27.7.